The van der Waals surface area contributed by atoms with E-state index in [0.29, 0.717) is 37.1 Å². The first-order valence-electron chi connectivity index (χ1n) is 10.0. The summed E-state index contributed by atoms with van der Waals surface area (Å²) in [4.78, 5) is 35.8. The van der Waals surface area contributed by atoms with Crippen molar-refractivity contribution in [2.24, 2.45) is 0 Å². The van der Waals surface area contributed by atoms with Crippen molar-refractivity contribution in [3.63, 3.8) is 0 Å². The summed E-state index contributed by atoms with van der Waals surface area (Å²) in [5, 5.41) is 5.52. The van der Waals surface area contributed by atoms with Crippen LogP contribution < -0.4 is 15.2 Å². The molecule has 0 aromatic carbocycles. The number of aromatic amines is 1. The molecule has 180 valence electrons. The molecule has 0 spiro atoms. The van der Waals surface area contributed by atoms with Crippen molar-refractivity contribution in [1.29, 1.82) is 0 Å². The van der Waals surface area contributed by atoms with Crippen molar-refractivity contribution >= 4 is 23.5 Å². The molecule has 14 heteroatoms. The molecule has 1 fully saturated rings. The van der Waals surface area contributed by atoms with Gasteiger partial charge in [-0.25, -0.2) is 15.1 Å². The lowest BCUT2D eigenvalue weighted by molar-refractivity contribution is -0.141. The molecular formula is C19H22ClF3N6O4. The van der Waals surface area contributed by atoms with Crippen LogP contribution in [-0.2, 0) is 15.7 Å². The van der Waals surface area contributed by atoms with E-state index in [0.717, 1.165) is 6.20 Å². The zero-order valence-corrected chi connectivity index (χ0v) is 18.4. The maximum absolute atomic E-state index is 13.1. The lowest BCUT2D eigenvalue weighted by atomic mass is 10.2. The number of ether oxygens (including phenoxy) is 2. The molecular weight excluding hydrogens is 469 g/mol. The number of piperazine rings is 1. The Morgan fingerprint density at radius 3 is 2.52 bits per heavy atom. The topological polar surface area (TPSA) is 114 Å². The number of aromatic nitrogens is 4. The second kappa shape index (κ2) is 10.8. The second-order valence-corrected chi connectivity index (χ2v) is 7.70. The highest BCUT2D eigenvalue weighted by Crippen LogP contribution is 2.33. The van der Waals surface area contributed by atoms with Crippen molar-refractivity contribution in [3.8, 4) is 5.75 Å². The van der Waals surface area contributed by atoms with Gasteiger partial charge < -0.3 is 19.3 Å². The number of halogens is 4. The van der Waals surface area contributed by atoms with Gasteiger partial charge in [-0.15, -0.1) is 0 Å². The molecule has 3 rings (SSSR count). The lowest BCUT2D eigenvalue weighted by Gasteiger charge is -2.34. The van der Waals surface area contributed by atoms with Crippen molar-refractivity contribution in [3.05, 3.63) is 39.5 Å². The third-order valence-electron chi connectivity index (χ3n) is 4.77. The summed E-state index contributed by atoms with van der Waals surface area (Å²) in [6.45, 7) is 3.64. The van der Waals surface area contributed by atoms with Gasteiger partial charge in [-0.2, -0.15) is 18.3 Å². The molecule has 0 radical (unpaired) electrons. The summed E-state index contributed by atoms with van der Waals surface area (Å²) in [6.07, 6.45) is -1.75. The Bertz CT molecular complexity index is 996. The first-order chi connectivity index (χ1) is 15.6. The Labute approximate surface area is 191 Å². The third kappa shape index (κ3) is 6.78. The van der Waals surface area contributed by atoms with E-state index in [9.17, 15) is 22.8 Å². The largest absolute Gasteiger partial charge is 0.486 e. The van der Waals surface area contributed by atoms with E-state index in [-0.39, 0.29) is 25.5 Å². The highest BCUT2D eigenvalue weighted by atomic mass is 35.5. The molecule has 3 heterocycles. The van der Waals surface area contributed by atoms with Gasteiger partial charge in [-0.3, -0.25) is 9.59 Å². The number of nitrogens with zero attached hydrogens (tertiary/aromatic N) is 5. The smallest absolute Gasteiger partial charge is 0.425 e. The van der Waals surface area contributed by atoms with E-state index < -0.39 is 29.2 Å². The fourth-order valence-corrected chi connectivity index (χ4v) is 3.28. The van der Waals surface area contributed by atoms with Gasteiger partial charge in [0.25, 0.3) is 5.56 Å². The van der Waals surface area contributed by atoms with E-state index in [1.807, 2.05) is 4.90 Å². The van der Waals surface area contributed by atoms with Gasteiger partial charge in [0.1, 0.15) is 6.10 Å². The Morgan fingerprint density at radius 1 is 1.21 bits per heavy atom. The molecule has 1 aliphatic heterocycles. The molecule has 0 saturated carbocycles. The average Bonchev–Trinajstić information content (AvgIpc) is 2.76. The summed E-state index contributed by atoms with van der Waals surface area (Å²) >= 11 is 5.79. The SMILES string of the molecule is C[C@H](COCCC(=O)N1CCN(c2ncc(Cl)cn2)CC1)Oc1cn[nH]c(=O)c1C(F)(F)F. The van der Waals surface area contributed by atoms with Crippen LogP contribution in [-0.4, -0.2) is 76.5 Å². The van der Waals surface area contributed by atoms with Crippen LogP contribution in [0.1, 0.15) is 18.9 Å². The molecule has 1 amide bonds. The monoisotopic (exact) mass is 490 g/mol. The van der Waals surface area contributed by atoms with Crippen LogP contribution in [0.15, 0.2) is 23.4 Å². The minimum Gasteiger partial charge on any atom is -0.486 e. The quantitative estimate of drug-likeness (QED) is 0.557. The Balaban J connectivity index is 1.39. The van der Waals surface area contributed by atoms with Gasteiger partial charge >= 0.3 is 6.18 Å². The van der Waals surface area contributed by atoms with E-state index in [4.69, 9.17) is 21.1 Å². The van der Waals surface area contributed by atoms with Crippen LogP contribution in [0, 0.1) is 0 Å². The second-order valence-electron chi connectivity index (χ2n) is 7.26. The molecule has 1 N–H and O–H groups in total. The van der Waals surface area contributed by atoms with E-state index >= 15 is 0 Å². The minimum absolute atomic E-state index is 0.0704. The highest BCUT2D eigenvalue weighted by molar-refractivity contribution is 6.30. The van der Waals surface area contributed by atoms with Gasteiger partial charge in [0.05, 0.1) is 43.2 Å². The van der Waals surface area contributed by atoms with Gasteiger partial charge in [-0.1, -0.05) is 11.6 Å². The normalized spacial score (nSPS) is 15.4. The number of hydrogen-bond acceptors (Lipinski definition) is 8. The highest BCUT2D eigenvalue weighted by Gasteiger charge is 2.38. The number of carbonyl (C=O) groups is 1. The molecule has 1 aliphatic rings. The number of alkyl halides is 3. The zero-order chi connectivity index (χ0) is 24.0. The van der Waals surface area contributed by atoms with Crippen molar-refractivity contribution < 1.29 is 27.4 Å². The zero-order valence-electron chi connectivity index (χ0n) is 17.6. The predicted octanol–water partition coefficient (Wildman–Crippen LogP) is 1.75. The standard InChI is InChI=1S/C19H22ClF3N6O4/c1-12(33-14-10-26-27-17(31)16(14)19(21,22)23)11-32-7-2-15(30)28-3-5-29(6-4-28)18-24-8-13(20)9-25-18/h8-10,12H,2-7,11H2,1H3,(H,27,31)/t12-/m1/s1. The molecule has 1 saturated heterocycles. The number of nitrogens with one attached hydrogen (secondary N) is 1. The summed E-state index contributed by atoms with van der Waals surface area (Å²) in [6, 6.07) is 0. The number of amides is 1. The number of H-pyrrole nitrogens is 1. The maximum atomic E-state index is 13.1. The summed E-state index contributed by atoms with van der Waals surface area (Å²) in [5.41, 5.74) is -2.84. The number of anilines is 1. The van der Waals surface area contributed by atoms with E-state index in [1.54, 1.807) is 10.00 Å². The number of carbonyl (C=O) groups excluding carboxylic acids is 1. The molecule has 1 atom stereocenters. The summed E-state index contributed by atoms with van der Waals surface area (Å²) in [7, 11) is 0. The van der Waals surface area contributed by atoms with Crippen LogP contribution >= 0.6 is 11.6 Å². The molecule has 0 unspecified atom stereocenters. The Hall–Kier alpha value is -2.93. The van der Waals surface area contributed by atoms with Crippen molar-refractivity contribution in [2.45, 2.75) is 25.6 Å². The number of hydrogen-bond donors (Lipinski definition) is 1. The van der Waals surface area contributed by atoms with Crippen LogP contribution in [0.25, 0.3) is 0 Å². The minimum atomic E-state index is -4.89. The predicted molar refractivity (Wildman–Crippen MR) is 111 cm³/mol. The Kier molecular flexibility index (Phi) is 8.08. The fourth-order valence-electron chi connectivity index (χ4n) is 3.18. The third-order valence-corrected chi connectivity index (χ3v) is 4.96. The summed E-state index contributed by atoms with van der Waals surface area (Å²) < 4.78 is 49.7. The lowest BCUT2D eigenvalue weighted by Crippen LogP contribution is -2.49. The van der Waals surface area contributed by atoms with Gasteiger partial charge in [0.15, 0.2) is 11.3 Å². The molecule has 33 heavy (non-hydrogen) atoms. The van der Waals surface area contributed by atoms with Gasteiger partial charge in [0, 0.05) is 26.2 Å². The van der Waals surface area contributed by atoms with Crippen molar-refractivity contribution in [2.75, 3.05) is 44.3 Å². The van der Waals surface area contributed by atoms with Crippen LogP contribution in [0.2, 0.25) is 5.02 Å². The van der Waals surface area contributed by atoms with Gasteiger partial charge in [0.2, 0.25) is 11.9 Å². The summed E-state index contributed by atoms with van der Waals surface area (Å²) in [5.74, 6) is -0.229. The first-order valence-corrected chi connectivity index (χ1v) is 10.4. The fraction of sp³-hybridized carbons (Fsp3) is 0.526. The molecule has 2 aromatic heterocycles. The van der Waals surface area contributed by atoms with Crippen LogP contribution in [0.4, 0.5) is 19.1 Å². The number of rotatable bonds is 8. The van der Waals surface area contributed by atoms with Gasteiger partial charge in [-0.05, 0) is 6.92 Å². The van der Waals surface area contributed by atoms with Crippen LogP contribution in [0.5, 0.6) is 5.75 Å². The Morgan fingerprint density at radius 2 is 1.88 bits per heavy atom. The molecule has 0 aliphatic carbocycles. The van der Waals surface area contributed by atoms with Crippen LogP contribution in [0.3, 0.4) is 0 Å². The average molecular weight is 491 g/mol. The maximum Gasteiger partial charge on any atom is 0.425 e. The van der Waals surface area contributed by atoms with E-state index in [2.05, 4.69) is 15.1 Å². The molecule has 2 aromatic rings. The molecule has 10 nitrogen and oxygen atoms in total. The first kappa shape index (κ1) is 24.7. The van der Waals surface area contributed by atoms with Crippen molar-refractivity contribution in [1.82, 2.24) is 25.1 Å². The van der Waals surface area contributed by atoms with E-state index in [1.165, 1.54) is 19.3 Å². The molecule has 0 bridgehead atoms.